The van der Waals surface area contributed by atoms with E-state index in [1.807, 2.05) is 56.3 Å². The monoisotopic (exact) mass is 354 g/mol. The molecule has 0 aromatic heterocycles. The van der Waals surface area contributed by atoms with Crippen LogP contribution in [-0.2, 0) is 9.59 Å². The van der Waals surface area contributed by atoms with Crippen molar-refractivity contribution in [3.05, 3.63) is 54.6 Å². The van der Waals surface area contributed by atoms with Gasteiger partial charge in [-0.05, 0) is 52.0 Å². The van der Waals surface area contributed by atoms with Crippen molar-refractivity contribution in [3.8, 4) is 11.5 Å². The molecule has 2 rings (SSSR count). The van der Waals surface area contributed by atoms with Gasteiger partial charge in [-0.3, -0.25) is 9.59 Å². The van der Waals surface area contributed by atoms with Gasteiger partial charge < -0.3 is 15.0 Å². The fourth-order valence-electron chi connectivity index (χ4n) is 2.56. The highest BCUT2D eigenvalue weighted by Gasteiger charge is 2.38. The highest BCUT2D eigenvalue weighted by molar-refractivity contribution is 6.10. The normalized spacial score (nSPS) is 10.9. The molecule has 0 aliphatic carbocycles. The second-order valence-corrected chi connectivity index (χ2v) is 6.47. The van der Waals surface area contributed by atoms with Gasteiger partial charge in [0.05, 0.1) is 5.69 Å². The predicted molar refractivity (Wildman–Crippen MR) is 103 cm³/mol. The number of carbonyl (C=O) groups excluding carboxylic acids is 2. The minimum Gasteiger partial charge on any atom is -0.455 e. The lowest BCUT2D eigenvalue weighted by Crippen LogP contribution is -2.47. The summed E-state index contributed by atoms with van der Waals surface area (Å²) in [5.74, 6) is 0.644. The first-order valence-corrected chi connectivity index (χ1v) is 8.82. The number of amides is 2. The molecule has 138 valence electrons. The van der Waals surface area contributed by atoms with Gasteiger partial charge in [0.25, 0.3) is 0 Å². The summed E-state index contributed by atoms with van der Waals surface area (Å²) in [6, 6.07) is 16.5. The van der Waals surface area contributed by atoms with E-state index in [1.165, 1.54) is 0 Å². The lowest BCUT2D eigenvalue weighted by Gasteiger charge is -2.29. The third-order valence-electron chi connectivity index (χ3n) is 4.26. The van der Waals surface area contributed by atoms with E-state index in [-0.39, 0.29) is 11.8 Å². The van der Waals surface area contributed by atoms with Gasteiger partial charge in [0, 0.05) is 13.1 Å². The first-order valence-electron chi connectivity index (χ1n) is 8.82. The van der Waals surface area contributed by atoms with Gasteiger partial charge in [-0.15, -0.1) is 0 Å². The van der Waals surface area contributed by atoms with Crippen LogP contribution in [0.15, 0.2) is 54.6 Å². The van der Waals surface area contributed by atoms with Crippen LogP contribution in [0, 0.1) is 5.41 Å². The molecule has 0 unspecified atom stereocenters. The Labute approximate surface area is 155 Å². The Morgan fingerprint density at radius 3 is 2.15 bits per heavy atom. The molecule has 26 heavy (non-hydrogen) atoms. The standard InChI is InChI=1S/C21H26N2O3/c1-5-23(6-2)20(25)21(3,4)19(24)22-17-14-10-11-15-18(17)26-16-12-8-7-9-13-16/h7-15H,5-6H2,1-4H3,(H,22,24). The average Bonchev–Trinajstić information content (AvgIpc) is 2.65. The molecule has 0 aliphatic rings. The zero-order chi connectivity index (χ0) is 19.2. The molecule has 0 aliphatic heterocycles. The van der Waals surface area contributed by atoms with Crippen LogP contribution in [0.1, 0.15) is 27.7 Å². The summed E-state index contributed by atoms with van der Waals surface area (Å²) in [5, 5.41) is 2.84. The number of rotatable bonds is 7. The molecule has 0 spiro atoms. The Hall–Kier alpha value is -2.82. The van der Waals surface area contributed by atoms with Gasteiger partial charge >= 0.3 is 0 Å². The first kappa shape index (κ1) is 19.5. The second kappa shape index (κ2) is 8.52. The van der Waals surface area contributed by atoms with Crippen molar-refractivity contribution in [2.45, 2.75) is 27.7 Å². The van der Waals surface area contributed by atoms with E-state index in [0.29, 0.717) is 30.3 Å². The summed E-state index contributed by atoms with van der Waals surface area (Å²) < 4.78 is 5.86. The van der Waals surface area contributed by atoms with Crippen LogP contribution in [0.5, 0.6) is 11.5 Å². The van der Waals surface area contributed by atoms with E-state index in [0.717, 1.165) is 0 Å². The van der Waals surface area contributed by atoms with Crippen LogP contribution in [0.2, 0.25) is 0 Å². The molecular formula is C21H26N2O3. The zero-order valence-corrected chi connectivity index (χ0v) is 15.8. The number of nitrogens with zero attached hydrogens (tertiary/aromatic N) is 1. The van der Waals surface area contributed by atoms with Crippen molar-refractivity contribution in [2.75, 3.05) is 18.4 Å². The van der Waals surface area contributed by atoms with E-state index in [4.69, 9.17) is 4.74 Å². The van der Waals surface area contributed by atoms with E-state index in [1.54, 1.807) is 30.9 Å². The number of anilines is 1. The average molecular weight is 354 g/mol. The van der Waals surface area contributed by atoms with Crippen LogP contribution in [-0.4, -0.2) is 29.8 Å². The van der Waals surface area contributed by atoms with Crippen molar-refractivity contribution in [2.24, 2.45) is 5.41 Å². The smallest absolute Gasteiger partial charge is 0.239 e. The minimum absolute atomic E-state index is 0.193. The lowest BCUT2D eigenvalue weighted by atomic mass is 9.90. The molecule has 1 N–H and O–H groups in total. The fraction of sp³-hybridized carbons (Fsp3) is 0.333. The third-order valence-corrected chi connectivity index (χ3v) is 4.26. The molecule has 0 atom stereocenters. The van der Waals surface area contributed by atoms with E-state index >= 15 is 0 Å². The van der Waals surface area contributed by atoms with Gasteiger partial charge in [-0.1, -0.05) is 30.3 Å². The summed E-state index contributed by atoms with van der Waals surface area (Å²) in [6.07, 6.45) is 0. The molecule has 0 heterocycles. The first-order chi connectivity index (χ1) is 12.4. The molecule has 0 bridgehead atoms. The van der Waals surface area contributed by atoms with E-state index in [2.05, 4.69) is 5.32 Å². The van der Waals surface area contributed by atoms with Crippen molar-refractivity contribution in [1.29, 1.82) is 0 Å². The maximum atomic E-state index is 12.8. The minimum atomic E-state index is -1.17. The highest BCUT2D eigenvalue weighted by atomic mass is 16.5. The van der Waals surface area contributed by atoms with E-state index in [9.17, 15) is 9.59 Å². The Kier molecular flexibility index (Phi) is 6.39. The van der Waals surface area contributed by atoms with Gasteiger partial charge in [-0.25, -0.2) is 0 Å². The van der Waals surface area contributed by atoms with Crippen LogP contribution < -0.4 is 10.1 Å². The molecule has 0 saturated carbocycles. The summed E-state index contributed by atoms with van der Waals surface area (Å²) >= 11 is 0. The number of carbonyl (C=O) groups is 2. The molecule has 0 fully saturated rings. The third kappa shape index (κ3) is 4.42. The molecular weight excluding hydrogens is 328 g/mol. The quantitative estimate of drug-likeness (QED) is 0.754. The highest BCUT2D eigenvalue weighted by Crippen LogP contribution is 2.31. The molecule has 5 heteroatoms. The Balaban J connectivity index is 2.20. The molecule has 2 aromatic carbocycles. The van der Waals surface area contributed by atoms with Crippen LogP contribution in [0.25, 0.3) is 0 Å². The van der Waals surface area contributed by atoms with Gasteiger partial charge in [0.15, 0.2) is 5.75 Å². The van der Waals surface area contributed by atoms with E-state index < -0.39 is 5.41 Å². The van der Waals surface area contributed by atoms with Crippen LogP contribution in [0.4, 0.5) is 5.69 Å². The Bertz CT molecular complexity index is 753. The molecule has 0 saturated heterocycles. The summed E-state index contributed by atoms with van der Waals surface area (Å²) in [5.41, 5.74) is -0.645. The van der Waals surface area contributed by atoms with Gasteiger partial charge in [0.1, 0.15) is 11.2 Å². The fourth-order valence-corrected chi connectivity index (χ4v) is 2.56. The Morgan fingerprint density at radius 2 is 1.54 bits per heavy atom. The molecule has 2 aromatic rings. The van der Waals surface area contributed by atoms with Crippen LogP contribution >= 0.6 is 0 Å². The van der Waals surface area contributed by atoms with Crippen LogP contribution in [0.3, 0.4) is 0 Å². The molecule has 5 nitrogen and oxygen atoms in total. The predicted octanol–water partition coefficient (Wildman–Crippen LogP) is 4.31. The Morgan fingerprint density at radius 1 is 0.962 bits per heavy atom. The molecule has 0 radical (unpaired) electrons. The SMILES string of the molecule is CCN(CC)C(=O)C(C)(C)C(=O)Nc1ccccc1Oc1ccccc1. The molecule has 2 amide bonds. The lowest BCUT2D eigenvalue weighted by molar-refractivity contribution is -0.146. The number of nitrogens with one attached hydrogen (secondary N) is 1. The maximum absolute atomic E-state index is 12.8. The summed E-state index contributed by atoms with van der Waals surface area (Å²) in [6.45, 7) is 8.23. The largest absolute Gasteiger partial charge is 0.455 e. The number of ether oxygens (including phenoxy) is 1. The number of hydrogen-bond acceptors (Lipinski definition) is 3. The van der Waals surface area contributed by atoms with Gasteiger partial charge in [0.2, 0.25) is 11.8 Å². The summed E-state index contributed by atoms with van der Waals surface area (Å²) in [7, 11) is 0. The van der Waals surface area contributed by atoms with Gasteiger partial charge in [-0.2, -0.15) is 0 Å². The zero-order valence-electron chi connectivity index (χ0n) is 15.8. The number of para-hydroxylation sites is 3. The summed E-state index contributed by atoms with van der Waals surface area (Å²) in [4.78, 5) is 27.1. The number of hydrogen-bond donors (Lipinski definition) is 1. The van der Waals surface area contributed by atoms with Crippen molar-refractivity contribution in [3.63, 3.8) is 0 Å². The number of benzene rings is 2. The van der Waals surface area contributed by atoms with Crippen molar-refractivity contribution in [1.82, 2.24) is 4.90 Å². The van der Waals surface area contributed by atoms with Crippen molar-refractivity contribution < 1.29 is 14.3 Å². The second-order valence-electron chi connectivity index (χ2n) is 6.47. The maximum Gasteiger partial charge on any atom is 0.239 e. The van der Waals surface area contributed by atoms with Crippen molar-refractivity contribution >= 4 is 17.5 Å². The topological polar surface area (TPSA) is 58.6 Å².